The highest BCUT2D eigenvalue weighted by atomic mass is 32.2. The number of carbonyl (C=O) groups is 2. The molecule has 0 saturated carbocycles. The minimum atomic E-state index is -0.103. The molecule has 196 valence electrons. The number of hydrogen-bond acceptors (Lipinski definition) is 7. The molecule has 5 rings (SSSR count). The molecule has 1 saturated heterocycles. The van der Waals surface area contributed by atoms with Gasteiger partial charge in [0.2, 0.25) is 11.7 Å². The molecule has 1 atom stereocenters. The van der Waals surface area contributed by atoms with Crippen LogP contribution >= 0.6 is 11.8 Å². The van der Waals surface area contributed by atoms with Gasteiger partial charge in [0.1, 0.15) is 5.75 Å². The molecular formula is C28H29N5O4S. The number of hydrogen-bond donors (Lipinski definition) is 0. The summed E-state index contributed by atoms with van der Waals surface area (Å²) in [6.07, 6.45) is 1.60. The van der Waals surface area contributed by atoms with Crippen LogP contribution in [0.1, 0.15) is 22.8 Å². The van der Waals surface area contributed by atoms with Gasteiger partial charge in [0.15, 0.2) is 10.9 Å². The number of furan rings is 1. The smallest absolute Gasteiger partial charge is 0.254 e. The van der Waals surface area contributed by atoms with Crippen molar-refractivity contribution >= 4 is 23.6 Å². The van der Waals surface area contributed by atoms with Crippen molar-refractivity contribution in [2.24, 2.45) is 0 Å². The van der Waals surface area contributed by atoms with Crippen LogP contribution in [-0.4, -0.2) is 74.9 Å². The van der Waals surface area contributed by atoms with Crippen LogP contribution in [-0.2, 0) is 4.79 Å². The van der Waals surface area contributed by atoms with Crippen molar-refractivity contribution in [1.29, 1.82) is 0 Å². The summed E-state index contributed by atoms with van der Waals surface area (Å²) in [6.45, 7) is 5.43. The number of carbonyl (C=O) groups excluding carboxylic acids is 2. The standard InChI is InChI=1S/C28H29N5O4S/c1-19-7-4-5-8-23(19)33-26(24-9-6-16-37-24)29-30-28(33)38-18-25(34)31-14-15-32(20(2)17-31)27(35)21-10-12-22(36-3)13-11-21/h4-13,16,20H,14-15,17-18H2,1-3H3. The van der Waals surface area contributed by atoms with Crippen molar-refractivity contribution in [2.75, 3.05) is 32.5 Å². The third-order valence-corrected chi connectivity index (χ3v) is 7.55. The van der Waals surface area contributed by atoms with Gasteiger partial charge in [0, 0.05) is 31.2 Å². The van der Waals surface area contributed by atoms with Crippen molar-refractivity contribution in [3.63, 3.8) is 0 Å². The molecule has 1 unspecified atom stereocenters. The van der Waals surface area contributed by atoms with Crippen LogP contribution in [0.5, 0.6) is 5.75 Å². The molecular weight excluding hydrogens is 502 g/mol. The molecule has 1 aliphatic heterocycles. The van der Waals surface area contributed by atoms with Gasteiger partial charge in [-0.15, -0.1) is 10.2 Å². The predicted molar refractivity (Wildman–Crippen MR) is 145 cm³/mol. The van der Waals surface area contributed by atoms with Gasteiger partial charge in [0.05, 0.1) is 24.8 Å². The van der Waals surface area contributed by atoms with Crippen LogP contribution in [0.3, 0.4) is 0 Å². The molecule has 1 fully saturated rings. The van der Waals surface area contributed by atoms with Crippen LogP contribution in [0, 0.1) is 6.92 Å². The number of methoxy groups -OCH3 is 1. The number of ether oxygens (including phenoxy) is 1. The van der Waals surface area contributed by atoms with Crippen molar-refractivity contribution < 1.29 is 18.7 Å². The first-order valence-corrected chi connectivity index (χ1v) is 13.4. The van der Waals surface area contributed by atoms with Gasteiger partial charge in [-0.2, -0.15) is 0 Å². The number of para-hydroxylation sites is 1. The lowest BCUT2D eigenvalue weighted by Crippen LogP contribution is -2.55. The normalized spacial score (nSPS) is 15.5. The van der Waals surface area contributed by atoms with Crippen molar-refractivity contribution in [2.45, 2.75) is 25.0 Å². The Morgan fingerprint density at radius 3 is 2.53 bits per heavy atom. The molecule has 0 radical (unpaired) electrons. The Balaban J connectivity index is 1.26. The van der Waals surface area contributed by atoms with Crippen molar-refractivity contribution in [3.05, 3.63) is 78.1 Å². The maximum atomic E-state index is 13.2. The van der Waals surface area contributed by atoms with Gasteiger partial charge in [-0.05, 0) is 61.9 Å². The van der Waals surface area contributed by atoms with E-state index in [9.17, 15) is 9.59 Å². The zero-order chi connectivity index (χ0) is 26.6. The molecule has 2 aromatic heterocycles. The number of thioether (sulfide) groups is 1. The fourth-order valence-electron chi connectivity index (χ4n) is 4.56. The second-order valence-electron chi connectivity index (χ2n) is 9.11. The topological polar surface area (TPSA) is 93.7 Å². The Morgan fingerprint density at radius 2 is 1.84 bits per heavy atom. The second kappa shape index (κ2) is 11.1. The van der Waals surface area contributed by atoms with E-state index in [-0.39, 0.29) is 23.6 Å². The van der Waals surface area contributed by atoms with E-state index in [1.807, 2.05) is 64.6 Å². The largest absolute Gasteiger partial charge is 0.497 e. The molecule has 9 nitrogen and oxygen atoms in total. The van der Waals surface area contributed by atoms with E-state index in [0.717, 1.165) is 11.3 Å². The fourth-order valence-corrected chi connectivity index (χ4v) is 5.41. The average molecular weight is 532 g/mol. The molecule has 2 aromatic carbocycles. The summed E-state index contributed by atoms with van der Waals surface area (Å²) in [7, 11) is 1.60. The Bertz CT molecular complexity index is 1420. The Hall–Kier alpha value is -4.05. The maximum Gasteiger partial charge on any atom is 0.254 e. The molecule has 0 N–H and O–H groups in total. The summed E-state index contributed by atoms with van der Waals surface area (Å²) in [6, 6.07) is 18.6. The van der Waals surface area contributed by atoms with E-state index in [2.05, 4.69) is 10.2 Å². The molecule has 4 aromatic rings. The molecule has 10 heteroatoms. The summed E-state index contributed by atoms with van der Waals surface area (Å²) in [5.74, 6) is 2.05. The predicted octanol–water partition coefficient (Wildman–Crippen LogP) is 4.31. The van der Waals surface area contributed by atoms with E-state index in [0.29, 0.717) is 47.7 Å². The van der Waals surface area contributed by atoms with E-state index < -0.39 is 0 Å². The van der Waals surface area contributed by atoms with Gasteiger partial charge in [-0.25, -0.2) is 0 Å². The number of rotatable bonds is 7. The lowest BCUT2D eigenvalue weighted by atomic mass is 10.1. The highest BCUT2D eigenvalue weighted by Crippen LogP contribution is 2.30. The molecule has 0 bridgehead atoms. The number of benzene rings is 2. The first-order chi connectivity index (χ1) is 18.5. The first-order valence-electron chi connectivity index (χ1n) is 12.4. The van der Waals surface area contributed by atoms with Gasteiger partial charge >= 0.3 is 0 Å². The number of aryl methyl sites for hydroxylation is 1. The molecule has 0 aliphatic carbocycles. The van der Waals surface area contributed by atoms with Crippen LogP contribution in [0.25, 0.3) is 17.3 Å². The van der Waals surface area contributed by atoms with Gasteiger partial charge in [-0.1, -0.05) is 30.0 Å². The quantitative estimate of drug-likeness (QED) is 0.328. The van der Waals surface area contributed by atoms with E-state index in [4.69, 9.17) is 9.15 Å². The highest BCUT2D eigenvalue weighted by Gasteiger charge is 2.31. The first kappa shape index (κ1) is 25.6. The number of nitrogens with zero attached hydrogens (tertiary/aromatic N) is 5. The fraction of sp³-hybridized carbons (Fsp3) is 0.286. The number of piperazine rings is 1. The maximum absolute atomic E-state index is 13.2. The van der Waals surface area contributed by atoms with Crippen LogP contribution < -0.4 is 4.74 Å². The summed E-state index contributed by atoms with van der Waals surface area (Å²) in [4.78, 5) is 29.9. The minimum Gasteiger partial charge on any atom is -0.497 e. The second-order valence-corrected chi connectivity index (χ2v) is 10.1. The number of amides is 2. The summed E-state index contributed by atoms with van der Waals surface area (Å²) >= 11 is 1.34. The third-order valence-electron chi connectivity index (χ3n) is 6.63. The third kappa shape index (κ3) is 5.17. The zero-order valence-electron chi connectivity index (χ0n) is 21.5. The van der Waals surface area contributed by atoms with Gasteiger partial charge in [-0.3, -0.25) is 14.2 Å². The summed E-state index contributed by atoms with van der Waals surface area (Å²) in [5.41, 5.74) is 2.59. The zero-order valence-corrected chi connectivity index (χ0v) is 22.4. The lowest BCUT2D eigenvalue weighted by Gasteiger charge is -2.40. The Kier molecular flexibility index (Phi) is 7.50. The van der Waals surface area contributed by atoms with Gasteiger partial charge < -0.3 is 19.0 Å². The summed E-state index contributed by atoms with van der Waals surface area (Å²) < 4.78 is 12.7. The van der Waals surface area contributed by atoms with Gasteiger partial charge in [0.25, 0.3) is 5.91 Å². The number of aromatic nitrogens is 3. The molecule has 2 amide bonds. The molecule has 3 heterocycles. The summed E-state index contributed by atoms with van der Waals surface area (Å²) in [5, 5.41) is 9.37. The van der Waals surface area contributed by atoms with Crippen LogP contribution in [0.15, 0.2) is 76.5 Å². The van der Waals surface area contributed by atoms with Crippen molar-refractivity contribution in [1.82, 2.24) is 24.6 Å². The van der Waals surface area contributed by atoms with Crippen molar-refractivity contribution in [3.8, 4) is 23.0 Å². The molecule has 1 aliphatic rings. The lowest BCUT2D eigenvalue weighted by molar-refractivity contribution is -0.130. The van der Waals surface area contributed by atoms with Crippen LogP contribution in [0.2, 0.25) is 0 Å². The van der Waals surface area contributed by atoms with Crippen LogP contribution in [0.4, 0.5) is 0 Å². The Morgan fingerprint density at radius 1 is 1.05 bits per heavy atom. The van der Waals surface area contributed by atoms with E-state index >= 15 is 0 Å². The average Bonchev–Trinajstić information content (AvgIpc) is 3.62. The molecule has 38 heavy (non-hydrogen) atoms. The Labute approximate surface area is 225 Å². The monoisotopic (exact) mass is 531 g/mol. The van der Waals surface area contributed by atoms with E-state index in [1.54, 1.807) is 37.6 Å². The van der Waals surface area contributed by atoms with E-state index in [1.165, 1.54) is 11.8 Å². The molecule has 0 spiro atoms. The SMILES string of the molecule is COc1ccc(C(=O)N2CCN(C(=O)CSc3nnc(-c4ccco4)n3-c3ccccc3C)CC2C)cc1. The highest BCUT2D eigenvalue weighted by molar-refractivity contribution is 7.99. The minimum absolute atomic E-state index is 0.00252.